The molecular formula is C9H6F3NO. The molecular weight excluding hydrogens is 195 g/mol. The fourth-order valence-electron chi connectivity index (χ4n) is 0.935. The van der Waals surface area contributed by atoms with Gasteiger partial charge in [0.2, 0.25) is 0 Å². The van der Waals surface area contributed by atoms with Crippen molar-refractivity contribution >= 4 is 0 Å². The highest BCUT2D eigenvalue weighted by molar-refractivity contribution is 5.31. The Bertz CT molecular complexity index is 360. The number of nitrogens with zero attached hydrogens (tertiary/aromatic N) is 1. The molecule has 0 heterocycles. The van der Waals surface area contributed by atoms with E-state index in [1.807, 2.05) is 6.07 Å². The lowest BCUT2D eigenvalue weighted by atomic mass is 10.1. The Morgan fingerprint density at radius 3 is 2.71 bits per heavy atom. The maximum Gasteiger partial charge on any atom is 0.387 e. The van der Waals surface area contributed by atoms with Crippen LogP contribution in [0.3, 0.4) is 0 Å². The first-order valence-corrected chi connectivity index (χ1v) is 3.73. The van der Waals surface area contributed by atoms with Crippen LogP contribution >= 0.6 is 0 Å². The summed E-state index contributed by atoms with van der Waals surface area (Å²) < 4.78 is 40.3. The largest absolute Gasteiger partial charge is 0.432 e. The second-order valence-electron chi connectivity index (χ2n) is 2.48. The van der Waals surface area contributed by atoms with E-state index < -0.39 is 18.2 Å². The fraction of sp³-hybridized carbons (Fsp3) is 0.222. The SMILES string of the molecule is N#CCc1ccc(F)c(OC(F)F)c1. The molecule has 0 atom stereocenters. The second-order valence-corrected chi connectivity index (χ2v) is 2.48. The monoisotopic (exact) mass is 201 g/mol. The minimum atomic E-state index is -3.07. The van der Waals surface area contributed by atoms with E-state index in [9.17, 15) is 13.2 Å². The zero-order valence-electron chi connectivity index (χ0n) is 7.01. The topological polar surface area (TPSA) is 33.0 Å². The molecule has 0 fully saturated rings. The van der Waals surface area contributed by atoms with Gasteiger partial charge in [0.1, 0.15) is 0 Å². The van der Waals surface area contributed by atoms with E-state index in [2.05, 4.69) is 4.74 Å². The molecule has 0 aliphatic rings. The Kier molecular flexibility index (Phi) is 3.35. The lowest BCUT2D eigenvalue weighted by molar-refractivity contribution is -0.0522. The number of benzene rings is 1. The maximum absolute atomic E-state index is 12.8. The third-order valence-corrected chi connectivity index (χ3v) is 1.49. The Morgan fingerprint density at radius 1 is 1.43 bits per heavy atom. The number of alkyl halides is 2. The van der Waals surface area contributed by atoms with Gasteiger partial charge in [0, 0.05) is 0 Å². The Balaban J connectivity index is 2.91. The summed E-state index contributed by atoms with van der Waals surface area (Å²) >= 11 is 0. The molecule has 1 aromatic rings. The summed E-state index contributed by atoms with van der Waals surface area (Å²) in [5, 5.41) is 8.33. The first kappa shape index (κ1) is 10.4. The van der Waals surface area contributed by atoms with E-state index >= 15 is 0 Å². The number of ether oxygens (including phenoxy) is 1. The molecule has 0 bridgehead atoms. The minimum absolute atomic E-state index is 0.0277. The molecule has 0 N–H and O–H groups in total. The highest BCUT2D eigenvalue weighted by Crippen LogP contribution is 2.20. The standard InChI is InChI=1S/C9H6F3NO/c10-7-2-1-6(3-4-13)5-8(7)14-9(11)12/h1-2,5,9H,3H2. The third kappa shape index (κ3) is 2.66. The lowest BCUT2D eigenvalue weighted by Crippen LogP contribution is -2.04. The van der Waals surface area contributed by atoms with Gasteiger partial charge in [0.25, 0.3) is 0 Å². The Labute approximate surface area is 78.5 Å². The quantitative estimate of drug-likeness (QED) is 0.752. The molecule has 0 aliphatic carbocycles. The average molecular weight is 201 g/mol. The van der Waals surface area contributed by atoms with Gasteiger partial charge < -0.3 is 4.74 Å². The number of halogens is 3. The van der Waals surface area contributed by atoms with E-state index in [1.165, 1.54) is 6.07 Å². The van der Waals surface area contributed by atoms with Crippen molar-refractivity contribution in [3.63, 3.8) is 0 Å². The van der Waals surface area contributed by atoms with E-state index in [0.29, 0.717) is 5.56 Å². The third-order valence-electron chi connectivity index (χ3n) is 1.49. The van der Waals surface area contributed by atoms with Crippen LogP contribution in [0.5, 0.6) is 5.75 Å². The molecule has 5 heteroatoms. The molecule has 0 saturated carbocycles. The zero-order chi connectivity index (χ0) is 10.6. The van der Waals surface area contributed by atoms with Gasteiger partial charge in [-0.25, -0.2) is 4.39 Å². The Hall–Kier alpha value is -1.70. The van der Waals surface area contributed by atoms with Crippen LogP contribution in [0.15, 0.2) is 18.2 Å². The van der Waals surface area contributed by atoms with Crippen LogP contribution in [-0.2, 0) is 6.42 Å². The molecule has 1 rings (SSSR count). The summed E-state index contributed by atoms with van der Waals surface area (Å²) in [7, 11) is 0. The molecule has 14 heavy (non-hydrogen) atoms. The molecule has 0 saturated heterocycles. The van der Waals surface area contributed by atoms with Crippen LogP contribution in [0.1, 0.15) is 5.56 Å². The molecule has 2 nitrogen and oxygen atoms in total. The highest BCUT2D eigenvalue weighted by atomic mass is 19.3. The van der Waals surface area contributed by atoms with Crippen molar-refractivity contribution < 1.29 is 17.9 Å². The van der Waals surface area contributed by atoms with Crippen molar-refractivity contribution in [1.82, 2.24) is 0 Å². The molecule has 1 aromatic carbocycles. The molecule has 0 aromatic heterocycles. The minimum Gasteiger partial charge on any atom is -0.432 e. The maximum atomic E-state index is 12.8. The van der Waals surface area contributed by atoms with Gasteiger partial charge in [-0.15, -0.1) is 0 Å². The summed E-state index contributed by atoms with van der Waals surface area (Å²) in [6, 6.07) is 5.24. The first-order chi connectivity index (χ1) is 6.63. The van der Waals surface area contributed by atoms with Crippen LogP contribution in [0.4, 0.5) is 13.2 Å². The predicted octanol–water partition coefficient (Wildman–Crippen LogP) is 2.49. The number of rotatable bonds is 3. The lowest BCUT2D eigenvalue weighted by Gasteiger charge is -2.06. The Morgan fingerprint density at radius 2 is 2.14 bits per heavy atom. The molecule has 0 aliphatic heterocycles. The van der Waals surface area contributed by atoms with Gasteiger partial charge in [0.15, 0.2) is 11.6 Å². The molecule has 0 amide bonds. The molecule has 0 spiro atoms. The molecule has 74 valence electrons. The summed E-state index contributed by atoms with van der Waals surface area (Å²) in [6.07, 6.45) is 0.0277. The van der Waals surface area contributed by atoms with Crippen molar-refractivity contribution in [3.05, 3.63) is 29.6 Å². The van der Waals surface area contributed by atoms with Gasteiger partial charge >= 0.3 is 6.61 Å². The normalized spacial score (nSPS) is 9.93. The summed E-state index contributed by atoms with van der Waals surface area (Å²) in [6.45, 7) is -3.07. The van der Waals surface area contributed by atoms with Crippen molar-refractivity contribution in [2.24, 2.45) is 0 Å². The van der Waals surface area contributed by atoms with E-state index in [1.54, 1.807) is 0 Å². The van der Waals surface area contributed by atoms with Gasteiger partial charge in [-0.1, -0.05) is 6.07 Å². The van der Waals surface area contributed by atoms with Crippen LogP contribution in [-0.4, -0.2) is 6.61 Å². The zero-order valence-corrected chi connectivity index (χ0v) is 7.01. The van der Waals surface area contributed by atoms with E-state index in [0.717, 1.165) is 12.1 Å². The van der Waals surface area contributed by atoms with Crippen molar-refractivity contribution in [3.8, 4) is 11.8 Å². The smallest absolute Gasteiger partial charge is 0.387 e. The van der Waals surface area contributed by atoms with Crippen LogP contribution < -0.4 is 4.74 Å². The van der Waals surface area contributed by atoms with E-state index in [-0.39, 0.29) is 6.42 Å². The van der Waals surface area contributed by atoms with Crippen LogP contribution in [0, 0.1) is 17.1 Å². The molecule has 0 radical (unpaired) electrons. The van der Waals surface area contributed by atoms with Gasteiger partial charge in [0.05, 0.1) is 12.5 Å². The van der Waals surface area contributed by atoms with Crippen molar-refractivity contribution in [1.29, 1.82) is 5.26 Å². The summed E-state index contributed by atoms with van der Waals surface area (Å²) in [4.78, 5) is 0. The van der Waals surface area contributed by atoms with E-state index in [4.69, 9.17) is 5.26 Å². The second kappa shape index (κ2) is 4.51. The number of hydrogen-bond donors (Lipinski definition) is 0. The van der Waals surface area contributed by atoms with Gasteiger partial charge in [-0.2, -0.15) is 14.0 Å². The number of hydrogen-bond acceptors (Lipinski definition) is 2. The predicted molar refractivity (Wildman–Crippen MR) is 42.3 cm³/mol. The number of nitriles is 1. The average Bonchev–Trinajstić information content (AvgIpc) is 2.10. The van der Waals surface area contributed by atoms with Gasteiger partial charge in [-0.3, -0.25) is 0 Å². The first-order valence-electron chi connectivity index (χ1n) is 3.73. The van der Waals surface area contributed by atoms with Crippen LogP contribution in [0.25, 0.3) is 0 Å². The fourth-order valence-corrected chi connectivity index (χ4v) is 0.935. The molecule has 0 unspecified atom stereocenters. The van der Waals surface area contributed by atoms with Crippen LogP contribution in [0.2, 0.25) is 0 Å². The van der Waals surface area contributed by atoms with Crippen molar-refractivity contribution in [2.45, 2.75) is 13.0 Å². The summed E-state index contributed by atoms with van der Waals surface area (Å²) in [5.41, 5.74) is 0.435. The highest BCUT2D eigenvalue weighted by Gasteiger charge is 2.10. The summed E-state index contributed by atoms with van der Waals surface area (Å²) in [5.74, 6) is -1.40. The van der Waals surface area contributed by atoms with Crippen molar-refractivity contribution in [2.75, 3.05) is 0 Å². The van der Waals surface area contributed by atoms with Gasteiger partial charge in [-0.05, 0) is 17.7 Å².